The van der Waals surface area contributed by atoms with Gasteiger partial charge in [0.05, 0.1) is 11.3 Å². The van der Waals surface area contributed by atoms with Gasteiger partial charge in [-0.3, -0.25) is 9.59 Å². The lowest BCUT2D eigenvalue weighted by atomic mass is 10.1. The Morgan fingerprint density at radius 2 is 1.85 bits per heavy atom. The zero-order valence-electron chi connectivity index (χ0n) is 14.2. The molecule has 3 N–H and O–H groups in total. The van der Waals surface area contributed by atoms with Crippen molar-refractivity contribution in [2.75, 3.05) is 5.32 Å². The van der Waals surface area contributed by atoms with Crippen molar-refractivity contribution in [3.8, 4) is 0 Å². The highest BCUT2D eigenvalue weighted by atomic mass is 19.1. The Balaban J connectivity index is 1.77. The van der Waals surface area contributed by atoms with Gasteiger partial charge < -0.3 is 15.6 Å². The highest BCUT2D eigenvalue weighted by molar-refractivity contribution is 6.09. The number of fused-ring (bicyclic) bond motifs is 1. The first-order valence-electron chi connectivity index (χ1n) is 8.01. The number of halogens is 2. The fourth-order valence-electron chi connectivity index (χ4n) is 2.73. The number of benzene rings is 2. The fourth-order valence-corrected chi connectivity index (χ4v) is 2.73. The first-order chi connectivity index (χ1) is 12.4. The topological polar surface area (TPSA) is 74.0 Å². The van der Waals surface area contributed by atoms with E-state index in [0.29, 0.717) is 16.6 Å². The summed E-state index contributed by atoms with van der Waals surface area (Å²) in [6, 6.07) is 8.93. The van der Waals surface area contributed by atoms with Crippen molar-refractivity contribution < 1.29 is 18.4 Å². The summed E-state index contributed by atoms with van der Waals surface area (Å²) in [4.78, 5) is 27.8. The van der Waals surface area contributed by atoms with Crippen LogP contribution in [-0.4, -0.2) is 22.8 Å². The van der Waals surface area contributed by atoms with Gasteiger partial charge in [-0.05, 0) is 44.2 Å². The van der Waals surface area contributed by atoms with Gasteiger partial charge in [-0.15, -0.1) is 0 Å². The van der Waals surface area contributed by atoms with Gasteiger partial charge in [0, 0.05) is 16.6 Å². The van der Waals surface area contributed by atoms with Crippen LogP contribution < -0.4 is 10.6 Å². The van der Waals surface area contributed by atoms with Gasteiger partial charge in [-0.25, -0.2) is 8.78 Å². The van der Waals surface area contributed by atoms with E-state index < -0.39 is 29.5 Å². The van der Waals surface area contributed by atoms with Crippen molar-refractivity contribution in [1.29, 1.82) is 0 Å². The number of anilines is 1. The number of amides is 2. The van der Waals surface area contributed by atoms with E-state index in [4.69, 9.17) is 0 Å². The number of carbonyl (C=O) groups excluding carboxylic acids is 2. The zero-order chi connectivity index (χ0) is 18.8. The van der Waals surface area contributed by atoms with Crippen LogP contribution in [0.15, 0.2) is 42.5 Å². The Kier molecular flexibility index (Phi) is 4.71. The molecule has 0 fully saturated rings. The Morgan fingerprint density at radius 1 is 1.12 bits per heavy atom. The molecule has 3 aromatic rings. The summed E-state index contributed by atoms with van der Waals surface area (Å²) < 4.78 is 27.1. The third-order valence-electron chi connectivity index (χ3n) is 4.05. The maximum absolute atomic E-state index is 13.6. The SMILES string of the molecule is Cc1[nH]c2ccc(F)cc2c1C(=O)NC(C)C(=O)Nc1ccccc1F. The molecule has 0 aliphatic rings. The maximum Gasteiger partial charge on any atom is 0.254 e. The number of rotatable bonds is 4. The van der Waals surface area contributed by atoms with Crippen LogP contribution in [0.4, 0.5) is 14.5 Å². The van der Waals surface area contributed by atoms with Crippen LogP contribution in [0.1, 0.15) is 23.0 Å². The Morgan fingerprint density at radius 3 is 2.58 bits per heavy atom. The molecule has 134 valence electrons. The molecule has 3 rings (SSSR count). The fraction of sp³-hybridized carbons (Fsp3) is 0.158. The van der Waals surface area contributed by atoms with Gasteiger partial charge in [0.1, 0.15) is 17.7 Å². The average molecular weight is 357 g/mol. The van der Waals surface area contributed by atoms with E-state index in [-0.39, 0.29) is 11.3 Å². The normalized spacial score (nSPS) is 12.0. The van der Waals surface area contributed by atoms with E-state index in [9.17, 15) is 18.4 Å². The van der Waals surface area contributed by atoms with E-state index >= 15 is 0 Å². The van der Waals surface area contributed by atoms with E-state index in [0.717, 1.165) is 0 Å². The molecule has 0 radical (unpaired) electrons. The van der Waals surface area contributed by atoms with Gasteiger partial charge in [-0.1, -0.05) is 12.1 Å². The quantitative estimate of drug-likeness (QED) is 0.668. The molecule has 26 heavy (non-hydrogen) atoms. The van der Waals surface area contributed by atoms with Crippen molar-refractivity contribution in [2.45, 2.75) is 19.9 Å². The van der Waals surface area contributed by atoms with E-state index in [1.807, 2.05) is 0 Å². The van der Waals surface area contributed by atoms with Crippen LogP contribution in [0.3, 0.4) is 0 Å². The molecule has 5 nitrogen and oxygen atoms in total. The number of hydrogen-bond acceptors (Lipinski definition) is 2. The average Bonchev–Trinajstić information content (AvgIpc) is 2.91. The summed E-state index contributed by atoms with van der Waals surface area (Å²) in [6.45, 7) is 3.18. The number of carbonyl (C=O) groups is 2. The minimum absolute atomic E-state index is 0.0314. The summed E-state index contributed by atoms with van der Waals surface area (Å²) in [6.07, 6.45) is 0. The van der Waals surface area contributed by atoms with Gasteiger partial charge in [0.25, 0.3) is 5.91 Å². The highest BCUT2D eigenvalue weighted by Crippen LogP contribution is 2.23. The number of nitrogens with one attached hydrogen (secondary N) is 3. The number of aryl methyl sites for hydroxylation is 1. The largest absolute Gasteiger partial charge is 0.358 e. The Bertz CT molecular complexity index is 998. The van der Waals surface area contributed by atoms with E-state index in [2.05, 4.69) is 15.6 Å². The lowest BCUT2D eigenvalue weighted by Crippen LogP contribution is -2.41. The number of para-hydroxylation sites is 1. The van der Waals surface area contributed by atoms with Gasteiger partial charge in [0.15, 0.2) is 0 Å². The standard InChI is InChI=1S/C19H17F2N3O2/c1-10-17(13-9-12(20)7-8-15(13)22-10)19(26)23-11(2)18(25)24-16-6-4-3-5-14(16)21/h3-9,11,22H,1-2H3,(H,23,26)(H,24,25). The zero-order valence-corrected chi connectivity index (χ0v) is 14.2. The Labute approximate surface area is 148 Å². The summed E-state index contributed by atoms with van der Waals surface area (Å²) in [5.74, 6) is -2.11. The molecule has 1 atom stereocenters. The van der Waals surface area contributed by atoms with Crippen molar-refractivity contribution in [2.24, 2.45) is 0 Å². The Hall–Kier alpha value is -3.22. The second-order valence-corrected chi connectivity index (χ2v) is 5.98. The number of hydrogen-bond donors (Lipinski definition) is 3. The summed E-state index contributed by atoms with van der Waals surface area (Å²) in [5.41, 5.74) is 1.48. The predicted octanol–water partition coefficient (Wildman–Crippen LogP) is 3.51. The minimum Gasteiger partial charge on any atom is -0.358 e. The lowest BCUT2D eigenvalue weighted by molar-refractivity contribution is -0.117. The van der Waals surface area contributed by atoms with Crippen molar-refractivity contribution in [1.82, 2.24) is 10.3 Å². The smallest absolute Gasteiger partial charge is 0.254 e. The van der Waals surface area contributed by atoms with Crippen molar-refractivity contribution in [3.63, 3.8) is 0 Å². The number of aromatic nitrogens is 1. The van der Waals surface area contributed by atoms with Crippen LogP contribution >= 0.6 is 0 Å². The molecule has 0 saturated carbocycles. The second kappa shape index (κ2) is 6.95. The number of aromatic amines is 1. The van der Waals surface area contributed by atoms with Gasteiger partial charge >= 0.3 is 0 Å². The molecule has 0 saturated heterocycles. The second-order valence-electron chi connectivity index (χ2n) is 5.98. The molecule has 7 heteroatoms. The maximum atomic E-state index is 13.6. The molecule has 1 aromatic heterocycles. The van der Waals surface area contributed by atoms with Crippen LogP contribution in [-0.2, 0) is 4.79 Å². The molecule has 0 aliphatic heterocycles. The molecule has 2 amide bonds. The predicted molar refractivity (Wildman–Crippen MR) is 95.0 cm³/mol. The van der Waals surface area contributed by atoms with E-state index in [1.165, 1.54) is 37.3 Å². The molecular formula is C19H17F2N3O2. The first-order valence-corrected chi connectivity index (χ1v) is 8.01. The monoisotopic (exact) mass is 357 g/mol. The van der Waals surface area contributed by atoms with Gasteiger partial charge in [0.2, 0.25) is 5.91 Å². The minimum atomic E-state index is -0.917. The summed E-state index contributed by atoms with van der Waals surface area (Å²) in [5, 5.41) is 5.42. The van der Waals surface area contributed by atoms with Crippen LogP contribution in [0.5, 0.6) is 0 Å². The molecule has 1 unspecified atom stereocenters. The van der Waals surface area contributed by atoms with Crippen LogP contribution in [0.25, 0.3) is 10.9 Å². The first kappa shape index (κ1) is 17.6. The third kappa shape index (κ3) is 3.42. The van der Waals surface area contributed by atoms with Gasteiger partial charge in [-0.2, -0.15) is 0 Å². The van der Waals surface area contributed by atoms with Crippen LogP contribution in [0, 0.1) is 18.6 Å². The molecule has 1 heterocycles. The van der Waals surface area contributed by atoms with E-state index in [1.54, 1.807) is 19.1 Å². The molecule has 2 aromatic carbocycles. The third-order valence-corrected chi connectivity index (χ3v) is 4.05. The summed E-state index contributed by atoms with van der Waals surface area (Å²) >= 11 is 0. The molecule has 0 spiro atoms. The molecular weight excluding hydrogens is 340 g/mol. The number of H-pyrrole nitrogens is 1. The van der Waals surface area contributed by atoms with Crippen molar-refractivity contribution >= 4 is 28.4 Å². The lowest BCUT2D eigenvalue weighted by Gasteiger charge is -2.14. The molecule has 0 bridgehead atoms. The molecule has 0 aliphatic carbocycles. The van der Waals surface area contributed by atoms with Crippen LogP contribution in [0.2, 0.25) is 0 Å². The van der Waals surface area contributed by atoms with Crippen molar-refractivity contribution in [3.05, 3.63) is 65.4 Å². The summed E-state index contributed by atoms with van der Waals surface area (Å²) in [7, 11) is 0. The highest BCUT2D eigenvalue weighted by Gasteiger charge is 2.21.